The molecule has 98 valence electrons. The molecule has 0 saturated heterocycles. The van der Waals surface area contributed by atoms with Crippen LogP contribution in [0.2, 0.25) is 0 Å². The van der Waals surface area contributed by atoms with Crippen LogP contribution in [0.15, 0.2) is 12.4 Å². The molecule has 6 heteroatoms. The highest BCUT2D eigenvalue weighted by molar-refractivity contribution is 6.18. The molecule has 0 aromatic carbocycles. The summed E-state index contributed by atoms with van der Waals surface area (Å²) in [5.41, 5.74) is 0.599. The summed E-state index contributed by atoms with van der Waals surface area (Å²) in [4.78, 5) is 4.36. The van der Waals surface area contributed by atoms with Gasteiger partial charge in [0.1, 0.15) is 5.82 Å². The number of anilines is 1. The van der Waals surface area contributed by atoms with Gasteiger partial charge in [-0.1, -0.05) is 13.8 Å². The number of fused-ring (bicyclic) bond motifs is 1. The molecule has 0 atom stereocenters. The van der Waals surface area contributed by atoms with E-state index in [0.717, 1.165) is 30.1 Å². The summed E-state index contributed by atoms with van der Waals surface area (Å²) in [5.74, 6) is 2.12. The molecule has 0 fully saturated rings. The fourth-order valence-corrected chi connectivity index (χ4v) is 2.37. The van der Waals surface area contributed by atoms with E-state index in [0.29, 0.717) is 5.88 Å². The minimum Gasteiger partial charge on any atom is -0.360 e. The van der Waals surface area contributed by atoms with Crippen LogP contribution in [0.25, 0.3) is 5.65 Å². The molecule has 5 nitrogen and oxygen atoms in total. The van der Waals surface area contributed by atoms with Crippen LogP contribution in [0, 0.1) is 6.92 Å². The highest BCUT2D eigenvalue weighted by Gasteiger charge is 2.26. The Bertz CT molecular complexity index is 524. The fraction of sp³-hybridized carbons (Fsp3) is 0.583. The van der Waals surface area contributed by atoms with Gasteiger partial charge in [-0.3, -0.25) is 4.40 Å². The number of aromatic nitrogens is 4. The smallest absolute Gasteiger partial charge is 0.203 e. The van der Waals surface area contributed by atoms with Gasteiger partial charge in [0.2, 0.25) is 5.65 Å². The van der Waals surface area contributed by atoms with Gasteiger partial charge in [-0.25, -0.2) is 4.98 Å². The highest BCUT2D eigenvalue weighted by Crippen LogP contribution is 2.24. The lowest BCUT2D eigenvalue weighted by atomic mass is 9.95. The van der Waals surface area contributed by atoms with E-state index in [9.17, 15) is 0 Å². The first kappa shape index (κ1) is 13.1. The Balaban J connectivity index is 2.42. The summed E-state index contributed by atoms with van der Waals surface area (Å²) in [6.07, 6.45) is 5.47. The maximum atomic E-state index is 6.10. The van der Waals surface area contributed by atoms with Crippen molar-refractivity contribution >= 4 is 23.1 Å². The SMILES string of the molecule is CCC(CC)(CCl)Nc1nccn2c(C)nnc12. The summed E-state index contributed by atoms with van der Waals surface area (Å²) in [5, 5.41) is 11.6. The van der Waals surface area contributed by atoms with Gasteiger partial charge in [0.05, 0.1) is 5.54 Å². The molecule has 0 bridgehead atoms. The number of rotatable bonds is 5. The lowest BCUT2D eigenvalue weighted by molar-refractivity contribution is 0.483. The Labute approximate surface area is 112 Å². The third kappa shape index (κ3) is 2.14. The lowest BCUT2D eigenvalue weighted by Gasteiger charge is -2.31. The fourth-order valence-electron chi connectivity index (χ4n) is 1.93. The van der Waals surface area contributed by atoms with E-state index in [-0.39, 0.29) is 5.54 Å². The third-order valence-corrected chi connectivity index (χ3v) is 4.00. The molecule has 0 saturated carbocycles. The van der Waals surface area contributed by atoms with Crippen LogP contribution in [0.3, 0.4) is 0 Å². The van der Waals surface area contributed by atoms with Crippen LogP contribution in [-0.4, -0.2) is 31.0 Å². The van der Waals surface area contributed by atoms with E-state index >= 15 is 0 Å². The first-order chi connectivity index (χ1) is 8.65. The van der Waals surface area contributed by atoms with Crippen molar-refractivity contribution in [2.24, 2.45) is 0 Å². The monoisotopic (exact) mass is 267 g/mol. The van der Waals surface area contributed by atoms with Crippen molar-refractivity contribution in [1.82, 2.24) is 19.6 Å². The van der Waals surface area contributed by atoms with Gasteiger partial charge in [0.15, 0.2) is 5.82 Å². The van der Waals surface area contributed by atoms with E-state index in [4.69, 9.17) is 11.6 Å². The van der Waals surface area contributed by atoms with Gasteiger partial charge in [0, 0.05) is 18.3 Å². The Morgan fingerprint density at radius 3 is 2.67 bits per heavy atom. The predicted molar refractivity (Wildman–Crippen MR) is 73.2 cm³/mol. The van der Waals surface area contributed by atoms with Crippen molar-refractivity contribution in [3.05, 3.63) is 18.2 Å². The van der Waals surface area contributed by atoms with Crippen LogP contribution in [0.1, 0.15) is 32.5 Å². The molecule has 1 N–H and O–H groups in total. The van der Waals surface area contributed by atoms with E-state index in [1.165, 1.54) is 0 Å². The molecular weight excluding hydrogens is 250 g/mol. The minimum atomic E-state index is -0.143. The van der Waals surface area contributed by atoms with Gasteiger partial charge in [0.25, 0.3) is 0 Å². The van der Waals surface area contributed by atoms with E-state index < -0.39 is 0 Å². The van der Waals surface area contributed by atoms with Gasteiger partial charge < -0.3 is 5.32 Å². The summed E-state index contributed by atoms with van der Waals surface area (Å²) in [7, 11) is 0. The molecule has 2 heterocycles. The summed E-state index contributed by atoms with van der Waals surface area (Å²) < 4.78 is 1.92. The van der Waals surface area contributed by atoms with E-state index in [2.05, 4.69) is 34.3 Å². The zero-order valence-electron chi connectivity index (χ0n) is 10.9. The second kappa shape index (κ2) is 5.10. The van der Waals surface area contributed by atoms with Crippen molar-refractivity contribution in [2.45, 2.75) is 39.2 Å². The summed E-state index contributed by atoms with van der Waals surface area (Å²) in [6, 6.07) is 0. The average Bonchev–Trinajstić information content (AvgIpc) is 2.79. The molecule has 0 radical (unpaired) electrons. The molecule has 2 aromatic rings. The topological polar surface area (TPSA) is 55.1 Å². The molecular formula is C12H18ClN5. The molecule has 2 rings (SSSR count). The average molecular weight is 268 g/mol. The lowest BCUT2D eigenvalue weighted by Crippen LogP contribution is -2.39. The Kier molecular flexibility index (Phi) is 3.71. The second-order valence-corrected chi connectivity index (χ2v) is 4.73. The van der Waals surface area contributed by atoms with Crippen molar-refractivity contribution in [2.75, 3.05) is 11.2 Å². The first-order valence-electron chi connectivity index (χ1n) is 6.16. The molecule has 0 spiro atoms. The molecule has 2 aromatic heterocycles. The molecule has 18 heavy (non-hydrogen) atoms. The number of hydrogen-bond acceptors (Lipinski definition) is 4. The van der Waals surface area contributed by atoms with Crippen molar-refractivity contribution < 1.29 is 0 Å². The van der Waals surface area contributed by atoms with E-state index in [1.54, 1.807) is 6.20 Å². The van der Waals surface area contributed by atoms with Crippen LogP contribution in [0.5, 0.6) is 0 Å². The molecule has 0 amide bonds. The zero-order valence-corrected chi connectivity index (χ0v) is 11.7. The van der Waals surface area contributed by atoms with Crippen LogP contribution < -0.4 is 5.32 Å². The Morgan fingerprint density at radius 1 is 1.33 bits per heavy atom. The maximum absolute atomic E-state index is 6.10. The number of nitrogens with one attached hydrogen (secondary N) is 1. The summed E-state index contributed by atoms with van der Waals surface area (Å²) >= 11 is 6.10. The number of alkyl halides is 1. The van der Waals surface area contributed by atoms with E-state index in [1.807, 2.05) is 17.5 Å². The quantitative estimate of drug-likeness (QED) is 0.846. The molecule has 0 aliphatic carbocycles. The van der Waals surface area contributed by atoms with Crippen LogP contribution in [0.4, 0.5) is 5.82 Å². The van der Waals surface area contributed by atoms with Crippen molar-refractivity contribution in [3.63, 3.8) is 0 Å². The van der Waals surface area contributed by atoms with Gasteiger partial charge in [-0.2, -0.15) is 0 Å². The maximum Gasteiger partial charge on any atom is 0.203 e. The van der Waals surface area contributed by atoms with Crippen LogP contribution in [-0.2, 0) is 0 Å². The largest absolute Gasteiger partial charge is 0.360 e. The summed E-state index contributed by atoms with van der Waals surface area (Å²) in [6.45, 7) is 6.15. The number of aryl methyl sites for hydroxylation is 1. The van der Waals surface area contributed by atoms with Gasteiger partial charge in [-0.15, -0.1) is 21.8 Å². The first-order valence-corrected chi connectivity index (χ1v) is 6.69. The van der Waals surface area contributed by atoms with Gasteiger partial charge >= 0.3 is 0 Å². The number of halogens is 1. The Morgan fingerprint density at radius 2 is 2.06 bits per heavy atom. The Hall–Kier alpha value is -1.36. The minimum absolute atomic E-state index is 0.143. The molecule has 0 aliphatic rings. The third-order valence-electron chi connectivity index (χ3n) is 3.49. The number of hydrogen-bond donors (Lipinski definition) is 1. The molecule has 0 aliphatic heterocycles. The number of nitrogens with zero attached hydrogens (tertiary/aromatic N) is 4. The zero-order chi connectivity index (χ0) is 13.2. The van der Waals surface area contributed by atoms with Gasteiger partial charge in [-0.05, 0) is 19.8 Å². The second-order valence-electron chi connectivity index (χ2n) is 4.46. The predicted octanol–water partition coefficient (Wildman–Crippen LogP) is 2.64. The normalized spacial score (nSPS) is 12.0. The van der Waals surface area contributed by atoms with Crippen molar-refractivity contribution in [3.8, 4) is 0 Å². The highest BCUT2D eigenvalue weighted by atomic mass is 35.5. The van der Waals surface area contributed by atoms with Crippen molar-refractivity contribution in [1.29, 1.82) is 0 Å². The van der Waals surface area contributed by atoms with Crippen LogP contribution >= 0.6 is 11.6 Å². The standard InChI is InChI=1S/C12H18ClN5/c1-4-12(5-2,8-13)15-10-11-17-16-9(3)18(11)7-6-14-10/h6-7H,4-5,8H2,1-3H3,(H,14,15). The molecule has 0 unspecified atom stereocenters.